The van der Waals surface area contributed by atoms with Crippen LogP contribution in [0.25, 0.3) is 0 Å². The summed E-state index contributed by atoms with van der Waals surface area (Å²) in [6.07, 6.45) is 1.14. The van der Waals surface area contributed by atoms with Crippen molar-refractivity contribution < 1.29 is 9.47 Å². The maximum Gasteiger partial charge on any atom is 0.124 e. The smallest absolute Gasteiger partial charge is 0.124 e. The molecule has 0 amide bonds. The Hall–Kier alpha value is -1.71. The molecule has 1 fully saturated rings. The van der Waals surface area contributed by atoms with E-state index in [1.54, 1.807) is 7.11 Å². The lowest BCUT2D eigenvalue weighted by Gasteiger charge is -2.37. The lowest BCUT2D eigenvalue weighted by molar-refractivity contribution is 0.0827. The van der Waals surface area contributed by atoms with E-state index >= 15 is 0 Å². The summed E-state index contributed by atoms with van der Waals surface area (Å²) in [5, 5.41) is 4.42. The predicted octanol–water partition coefficient (Wildman–Crippen LogP) is 4.59. The van der Waals surface area contributed by atoms with Gasteiger partial charge in [-0.15, -0.1) is 0 Å². The largest absolute Gasteiger partial charge is 0.496 e. The van der Waals surface area contributed by atoms with Crippen LogP contribution in [0.4, 0.5) is 5.69 Å². The molecule has 114 valence electrons. The number of halogens is 1. The van der Waals surface area contributed by atoms with Gasteiger partial charge in [-0.3, -0.25) is 0 Å². The highest BCUT2D eigenvalue weighted by molar-refractivity contribution is 6.30. The zero-order valence-corrected chi connectivity index (χ0v) is 13.1. The molecule has 3 nitrogen and oxygen atoms in total. The van der Waals surface area contributed by atoms with E-state index in [1.807, 2.05) is 30.3 Å². The molecule has 22 heavy (non-hydrogen) atoms. The molecule has 2 aliphatic rings. The Kier molecular flexibility index (Phi) is 3.47. The van der Waals surface area contributed by atoms with E-state index in [0.717, 1.165) is 29.5 Å². The number of anilines is 1. The second kappa shape index (κ2) is 5.49. The van der Waals surface area contributed by atoms with Crippen molar-refractivity contribution in [3.8, 4) is 5.75 Å². The number of methoxy groups -OCH3 is 1. The van der Waals surface area contributed by atoms with Gasteiger partial charge in [0.05, 0.1) is 19.3 Å². The van der Waals surface area contributed by atoms with Gasteiger partial charge in [0.15, 0.2) is 0 Å². The van der Waals surface area contributed by atoms with E-state index in [9.17, 15) is 0 Å². The molecule has 4 heteroatoms. The zero-order valence-electron chi connectivity index (χ0n) is 12.4. The van der Waals surface area contributed by atoms with Crippen LogP contribution < -0.4 is 10.1 Å². The number of para-hydroxylation sites is 1. The average Bonchev–Trinajstić information content (AvgIpc) is 3.04. The van der Waals surface area contributed by atoms with Gasteiger partial charge < -0.3 is 14.8 Å². The van der Waals surface area contributed by atoms with Crippen molar-refractivity contribution in [3.63, 3.8) is 0 Å². The van der Waals surface area contributed by atoms with Crippen LogP contribution in [0.2, 0.25) is 5.02 Å². The summed E-state index contributed by atoms with van der Waals surface area (Å²) >= 11 is 6.16. The molecule has 1 saturated heterocycles. The molecule has 2 heterocycles. The van der Waals surface area contributed by atoms with E-state index in [2.05, 4.69) is 17.4 Å². The van der Waals surface area contributed by atoms with Crippen molar-refractivity contribution in [3.05, 3.63) is 58.6 Å². The van der Waals surface area contributed by atoms with Gasteiger partial charge >= 0.3 is 0 Å². The molecule has 0 aliphatic carbocycles. The molecule has 0 bridgehead atoms. The summed E-state index contributed by atoms with van der Waals surface area (Å²) in [5.41, 5.74) is 3.45. The predicted molar refractivity (Wildman–Crippen MR) is 87.6 cm³/mol. The molecule has 0 unspecified atom stereocenters. The molecule has 0 radical (unpaired) electrons. The second-order valence-electron chi connectivity index (χ2n) is 5.84. The lowest BCUT2D eigenvalue weighted by atomic mass is 9.81. The summed E-state index contributed by atoms with van der Waals surface area (Å²) < 4.78 is 11.6. The monoisotopic (exact) mass is 315 g/mol. The molecular weight excluding hydrogens is 298 g/mol. The van der Waals surface area contributed by atoms with Crippen molar-refractivity contribution in [2.24, 2.45) is 5.92 Å². The Morgan fingerprint density at radius 3 is 2.91 bits per heavy atom. The zero-order chi connectivity index (χ0) is 15.1. The molecule has 1 N–H and O–H groups in total. The van der Waals surface area contributed by atoms with Crippen LogP contribution in [0.1, 0.15) is 29.7 Å². The van der Waals surface area contributed by atoms with Crippen molar-refractivity contribution in [2.45, 2.75) is 18.6 Å². The first kappa shape index (κ1) is 13.9. The number of ether oxygens (including phenoxy) is 2. The quantitative estimate of drug-likeness (QED) is 0.879. The van der Waals surface area contributed by atoms with Crippen LogP contribution in [0.5, 0.6) is 5.75 Å². The molecule has 2 aromatic carbocycles. The molecular formula is C18H18ClNO2. The number of benzene rings is 2. The third-order valence-corrected chi connectivity index (χ3v) is 4.91. The molecule has 0 aromatic heterocycles. The average molecular weight is 316 g/mol. The number of hydrogen-bond acceptors (Lipinski definition) is 3. The van der Waals surface area contributed by atoms with E-state index in [-0.39, 0.29) is 12.1 Å². The van der Waals surface area contributed by atoms with Crippen molar-refractivity contribution in [1.29, 1.82) is 0 Å². The van der Waals surface area contributed by atoms with Gasteiger partial charge in [-0.25, -0.2) is 0 Å². The summed E-state index contributed by atoms with van der Waals surface area (Å²) in [6, 6.07) is 14.4. The number of hydrogen-bond donors (Lipinski definition) is 1. The maximum atomic E-state index is 6.16. The first-order valence-electron chi connectivity index (χ1n) is 7.58. The van der Waals surface area contributed by atoms with E-state index in [0.29, 0.717) is 5.92 Å². The minimum absolute atomic E-state index is 0.102. The summed E-state index contributed by atoms with van der Waals surface area (Å²) in [7, 11) is 1.72. The Morgan fingerprint density at radius 2 is 2.05 bits per heavy atom. The normalized spacial score (nSPS) is 26.0. The Labute approximate surface area is 135 Å². The molecule has 2 aliphatic heterocycles. The van der Waals surface area contributed by atoms with E-state index < -0.39 is 0 Å². The molecule has 0 saturated carbocycles. The lowest BCUT2D eigenvalue weighted by Crippen LogP contribution is -2.29. The van der Waals surface area contributed by atoms with Crippen molar-refractivity contribution in [1.82, 2.24) is 0 Å². The van der Waals surface area contributed by atoms with Crippen LogP contribution in [0.15, 0.2) is 42.5 Å². The van der Waals surface area contributed by atoms with Crippen LogP contribution >= 0.6 is 11.6 Å². The minimum Gasteiger partial charge on any atom is -0.496 e. The molecule has 3 atom stereocenters. The Balaban J connectivity index is 1.80. The summed E-state index contributed by atoms with van der Waals surface area (Å²) in [5.74, 6) is 1.31. The Morgan fingerprint density at radius 1 is 1.18 bits per heavy atom. The van der Waals surface area contributed by atoms with Gasteiger partial charge in [0.1, 0.15) is 5.75 Å². The molecule has 2 aromatic rings. The first-order valence-corrected chi connectivity index (χ1v) is 7.96. The third kappa shape index (κ3) is 2.16. The van der Waals surface area contributed by atoms with Crippen molar-refractivity contribution in [2.75, 3.05) is 19.0 Å². The molecule has 0 spiro atoms. The summed E-state index contributed by atoms with van der Waals surface area (Å²) in [6.45, 7) is 0.786. The van der Waals surface area contributed by atoms with Gasteiger partial charge in [0.2, 0.25) is 0 Å². The maximum absolute atomic E-state index is 6.16. The fourth-order valence-electron chi connectivity index (χ4n) is 3.67. The molecule has 4 rings (SSSR count). The highest BCUT2D eigenvalue weighted by Crippen LogP contribution is 2.51. The van der Waals surface area contributed by atoms with Gasteiger partial charge in [-0.05, 0) is 30.7 Å². The fraction of sp³-hybridized carbons (Fsp3) is 0.333. The van der Waals surface area contributed by atoms with Gasteiger partial charge in [-0.2, -0.15) is 0 Å². The third-order valence-electron chi connectivity index (χ3n) is 4.67. The fourth-order valence-corrected chi connectivity index (χ4v) is 3.86. The first-order chi connectivity index (χ1) is 10.8. The van der Waals surface area contributed by atoms with E-state index in [1.165, 1.54) is 11.1 Å². The number of nitrogens with one attached hydrogen (secondary N) is 1. The standard InChI is InChI=1S/C18H18ClNO2/c1-21-16-5-3-2-4-12(16)17-13-8-9-22-18(13)14-10-11(19)6-7-15(14)20-17/h2-7,10,13,17-18,20H,8-9H2,1H3/t13-,17+,18-/m1/s1. The van der Waals surface area contributed by atoms with Gasteiger partial charge in [0, 0.05) is 34.4 Å². The highest BCUT2D eigenvalue weighted by atomic mass is 35.5. The van der Waals surface area contributed by atoms with Crippen molar-refractivity contribution >= 4 is 17.3 Å². The van der Waals surface area contributed by atoms with Crippen LogP contribution in [-0.2, 0) is 4.74 Å². The number of rotatable bonds is 2. The van der Waals surface area contributed by atoms with Crippen LogP contribution in [0, 0.1) is 5.92 Å². The van der Waals surface area contributed by atoms with E-state index in [4.69, 9.17) is 21.1 Å². The van der Waals surface area contributed by atoms with Gasteiger partial charge in [0.25, 0.3) is 0 Å². The highest BCUT2D eigenvalue weighted by Gasteiger charge is 2.42. The SMILES string of the molecule is COc1ccccc1[C@@H]1Nc2ccc(Cl)cc2[C@@H]2OCC[C@H]12. The van der Waals surface area contributed by atoms with Crippen LogP contribution in [-0.4, -0.2) is 13.7 Å². The van der Waals surface area contributed by atoms with Crippen LogP contribution in [0.3, 0.4) is 0 Å². The second-order valence-corrected chi connectivity index (χ2v) is 6.28. The Bertz CT molecular complexity index is 703. The minimum atomic E-state index is 0.102. The number of fused-ring (bicyclic) bond motifs is 3. The van der Waals surface area contributed by atoms with Gasteiger partial charge in [-0.1, -0.05) is 29.8 Å². The summed E-state index contributed by atoms with van der Waals surface area (Å²) in [4.78, 5) is 0. The topological polar surface area (TPSA) is 30.5 Å².